The molecule has 2 amide bonds. The molecule has 0 aliphatic rings. The van der Waals surface area contributed by atoms with Crippen LogP contribution in [0.4, 0.5) is 0 Å². The Kier molecular flexibility index (Phi) is 4.82. The van der Waals surface area contributed by atoms with Crippen molar-refractivity contribution in [3.8, 4) is 11.4 Å². The quantitative estimate of drug-likeness (QED) is 0.797. The van der Waals surface area contributed by atoms with E-state index in [-0.39, 0.29) is 12.3 Å². The Morgan fingerprint density at radius 3 is 2.82 bits per heavy atom. The number of carbonyl (C=O) groups excluding carboxylic acids is 2. The first-order valence-corrected chi connectivity index (χ1v) is 6.84. The number of aromatic nitrogens is 4. The van der Waals surface area contributed by atoms with Crippen LogP contribution in [-0.4, -0.2) is 31.6 Å². The smallest absolute Gasteiger partial charge is 0.217 e. The van der Waals surface area contributed by atoms with Gasteiger partial charge in [0.1, 0.15) is 5.82 Å². The molecule has 22 heavy (non-hydrogen) atoms. The molecule has 0 aromatic carbocycles. The molecule has 2 rings (SSSR count). The fraction of sp³-hybridized carbons (Fsp3) is 0.357. The average molecular weight is 302 g/mol. The number of nitrogens with zero attached hydrogens (tertiary/aromatic N) is 4. The summed E-state index contributed by atoms with van der Waals surface area (Å²) in [6, 6.07) is 3.22. The monoisotopic (exact) mass is 302 g/mol. The van der Waals surface area contributed by atoms with Crippen molar-refractivity contribution in [1.82, 2.24) is 25.1 Å². The minimum Gasteiger partial charge on any atom is -0.370 e. The number of nitrogens with two attached hydrogens (primary N) is 1. The first kappa shape index (κ1) is 15.6. The number of carbonyl (C=O) groups is 2. The largest absolute Gasteiger partial charge is 0.370 e. The van der Waals surface area contributed by atoms with Gasteiger partial charge >= 0.3 is 0 Å². The number of amides is 2. The summed E-state index contributed by atoms with van der Waals surface area (Å²) in [5, 5.41) is 7.11. The van der Waals surface area contributed by atoms with E-state index in [4.69, 9.17) is 5.73 Å². The van der Waals surface area contributed by atoms with Crippen molar-refractivity contribution >= 4 is 11.8 Å². The Labute approximate surface area is 127 Å². The Balaban J connectivity index is 2.29. The van der Waals surface area contributed by atoms with E-state index in [2.05, 4.69) is 20.4 Å². The topological polar surface area (TPSA) is 116 Å². The van der Waals surface area contributed by atoms with Gasteiger partial charge in [-0.05, 0) is 18.6 Å². The molecule has 0 radical (unpaired) electrons. The van der Waals surface area contributed by atoms with Crippen LogP contribution in [-0.2, 0) is 16.6 Å². The van der Waals surface area contributed by atoms with Crippen LogP contribution in [0.2, 0.25) is 0 Å². The van der Waals surface area contributed by atoms with Gasteiger partial charge in [0.15, 0.2) is 5.82 Å². The van der Waals surface area contributed by atoms with Gasteiger partial charge in [0.2, 0.25) is 11.8 Å². The van der Waals surface area contributed by atoms with E-state index in [1.54, 1.807) is 30.2 Å². The highest BCUT2D eigenvalue weighted by atomic mass is 16.1. The van der Waals surface area contributed by atoms with Crippen LogP contribution in [0.25, 0.3) is 11.4 Å². The Morgan fingerprint density at radius 2 is 2.23 bits per heavy atom. The molecule has 2 aromatic rings. The predicted molar refractivity (Wildman–Crippen MR) is 79.2 cm³/mol. The fourth-order valence-electron chi connectivity index (χ4n) is 2.12. The number of rotatable bonds is 6. The van der Waals surface area contributed by atoms with Gasteiger partial charge in [0, 0.05) is 38.3 Å². The lowest BCUT2D eigenvalue weighted by atomic mass is 10.1. The number of hydrogen-bond acceptors (Lipinski definition) is 5. The molecule has 0 saturated heterocycles. The molecule has 2 heterocycles. The third-order valence-electron chi connectivity index (χ3n) is 3.09. The predicted octanol–water partition coefficient (Wildman–Crippen LogP) is 0.320. The lowest BCUT2D eigenvalue weighted by Gasteiger charge is -2.15. The summed E-state index contributed by atoms with van der Waals surface area (Å²) in [7, 11) is 1.74. The standard InChI is InChI=1S/C14H18N6O2/c1-9(21)17-11(5-6-12(15)22)14-18-13(19-20(14)2)10-4-3-7-16-8-10/h3-4,7-8,11H,5-6H2,1-2H3,(H2,15,22)(H,17,21)/t11-/m0/s1. The third-order valence-corrected chi connectivity index (χ3v) is 3.09. The molecule has 8 heteroatoms. The molecule has 0 unspecified atom stereocenters. The second kappa shape index (κ2) is 6.79. The van der Waals surface area contributed by atoms with Crippen LogP contribution >= 0.6 is 0 Å². The molecule has 0 spiro atoms. The summed E-state index contributed by atoms with van der Waals surface area (Å²) >= 11 is 0. The number of pyridine rings is 1. The maximum absolute atomic E-state index is 11.4. The number of nitrogens with one attached hydrogen (secondary N) is 1. The average Bonchev–Trinajstić information content (AvgIpc) is 2.86. The van der Waals surface area contributed by atoms with Crippen molar-refractivity contribution < 1.29 is 9.59 Å². The van der Waals surface area contributed by atoms with Gasteiger partial charge in [-0.15, -0.1) is 0 Å². The van der Waals surface area contributed by atoms with Crippen molar-refractivity contribution in [1.29, 1.82) is 0 Å². The van der Waals surface area contributed by atoms with E-state index in [0.29, 0.717) is 18.1 Å². The lowest BCUT2D eigenvalue weighted by Crippen LogP contribution is -2.29. The first-order valence-electron chi connectivity index (χ1n) is 6.84. The lowest BCUT2D eigenvalue weighted by molar-refractivity contribution is -0.121. The summed E-state index contributed by atoms with van der Waals surface area (Å²) in [5.41, 5.74) is 5.96. The van der Waals surface area contributed by atoms with Gasteiger partial charge in [-0.25, -0.2) is 4.98 Å². The minimum absolute atomic E-state index is 0.153. The third kappa shape index (κ3) is 3.87. The fourth-order valence-corrected chi connectivity index (χ4v) is 2.12. The second-order valence-corrected chi connectivity index (χ2v) is 4.92. The Bertz CT molecular complexity index is 667. The normalized spacial score (nSPS) is 11.9. The maximum Gasteiger partial charge on any atom is 0.217 e. The van der Waals surface area contributed by atoms with E-state index in [1.165, 1.54) is 6.92 Å². The zero-order valence-corrected chi connectivity index (χ0v) is 12.5. The molecule has 1 atom stereocenters. The van der Waals surface area contributed by atoms with Crippen LogP contribution < -0.4 is 11.1 Å². The molecule has 2 aromatic heterocycles. The Morgan fingerprint density at radius 1 is 1.45 bits per heavy atom. The van der Waals surface area contributed by atoms with E-state index in [9.17, 15) is 9.59 Å². The van der Waals surface area contributed by atoms with Gasteiger partial charge in [0.25, 0.3) is 0 Å². The van der Waals surface area contributed by atoms with Crippen LogP contribution in [0.5, 0.6) is 0 Å². The molecule has 0 aliphatic carbocycles. The highest BCUT2D eigenvalue weighted by Crippen LogP contribution is 2.20. The van der Waals surface area contributed by atoms with Gasteiger partial charge in [-0.1, -0.05) is 0 Å². The zero-order chi connectivity index (χ0) is 16.1. The van der Waals surface area contributed by atoms with E-state index >= 15 is 0 Å². The van der Waals surface area contributed by atoms with E-state index in [0.717, 1.165) is 5.56 Å². The van der Waals surface area contributed by atoms with Crippen molar-refractivity contribution in [2.75, 3.05) is 0 Å². The molecule has 8 nitrogen and oxygen atoms in total. The number of primary amides is 1. The summed E-state index contributed by atoms with van der Waals surface area (Å²) < 4.78 is 1.59. The Hall–Kier alpha value is -2.77. The van der Waals surface area contributed by atoms with Gasteiger partial charge in [-0.3, -0.25) is 19.3 Å². The summed E-state index contributed by atoms with van der Waals surface area (Å²) in [6.07, 6.45) is 3.85. The second-order valence-electron chi connectivity index (χ2n) is 4.92. The van der Waals surface area contributed by atoms with Crippen molar-refractivity contribution in [2.45, 2.75) is 25.8 Å². The van der Waals surface area contributed by atoms with E-state index < -0.39 is 11.9 Å². The molecular weight excluding hydrogens is 284 g/mol. The number of aryl methyl sites for hydroxylation is 1. The van der Waals surface area contributed by atoms with Crippen molar-refractivity contribution in [2.24, 2.45) is 12.8 Å². The van der Waals surface area contributed by atoms with Crippen LogP contribution in [0.15, 0.2) is 24.5 Å². The van der Waals surface area contributed by atoms with Crippen LogP contribution in [0.1, 0.15) is 31.6 Å². The highest BCUT2D eigenvalue weighted by molar-refractivity contribution is 5.75. The number of hydrogen-bond donors (Lipinski definition) is 2. The van der Waals surface area contributed by atoms with Gasteiger partial charge < -0.3 is 11.1 Å². The van der Waals surface area contributed by atoms with Crippen molar-refractivity contribution in [3.63, 3.8) is 0 Å². The zero-order valence-electron chi connectivity index (χ0n) is 12.5. The van der Waals surface area contributed by atoms with E-state index in [1.807, 2.05) is 6.07 Å². The SMILES string of the molecule is CC(=O)N[C@@H](CCC(N)=O)c1nc(-c2cccnc2)nn1C. The minimum atomic E-state index is -0.426. The molecule has 0 bridgehead atoms. The molecule has 116 valence electrons. The van der Waals surface area contributed by atoms with Gasteiger partial charge in [0.05, 0.1) is 6.04 Å². The maximum atomic E-state index is 11.4. The summed E-state index contributed by atoms with van der Waals surface area (Å²) in [6.45, 7) is 1.41. The van der Waals surface area contributed by atoms with Gasteiger partial charge in [-0.2, -0.15) is 5.10 Å². The highest BCUT2D eigenvalue weighted by Gasteiger charge is 2.21. The molecule has 3 N–H and O–H groups in total. The summed E-state index contributed by atoms with van der Waals surface area (Å²) in [4.78, 5) is 30.8. The first-order chi connectivity index (χ1) is 10.5. The molecule has 0 saturated carbocycles. The van der Waals surface area contributed by atoms with Crippen LogP contribution in [0, 0.1) is 0 Å². The molecule has 0 fully saturated rings. The van der Waals surface area contributed by atoms with Crippen molar-refractivity contribution in [3.05, 3.63) is 30.4 Å². The summed E-state index contributed by atoms with van der Waals surface area (Å²) in [5.74, 6) is 0.445. The van der Waals surface area contributed by atoms with Crippen LogP contribution in [0.3, 0.4) is 0 Å². The molecule has 0 aliphatic heterocycles. The molecular formula is C14H18N6O2.